The van der Waals surface area contributed by atoms with E-state index in [1.807, 2.05) is 24.5 Å². The molecule has 0 aliphatic rings. The van der Waals surface area contributed by atoms with E-state index in [2.05, 4.69) is 6.07 Å². The van der Waals surface area contributed by atoms with Crippen LogP contribution in [0.25, 0.3) is 10.2 Å². The van der Waals surface area contributed by atoms with E-state index in [0.29, 0.717) is 28.0 Å². The summed E-state index contributed by atoms with van der Waals surface area (Å²) in [6, 6.07) is 15.0. The molecule has 8 heteroatoms. The largest absolute Gasteiger partial charge is 0.493 e. The first kappa shape index (κ1) is 20.3. The molecule has 0 aliphatic carbocycles. The number of para-hydroxylation sites is 1. The molecule has 2 aromatic carbocycles. The molecule has 2 aromatic heterocycles. The first-order valence-electron chi connectivity index (χ1n) is 9.14. The van der Waals surface area contributed by atoms with E-state index in [-0.39, 0.29) is 12.5 Å². The van der Waals surface area contributed by atoms with Gasteiger partial charge in [0.25, 0.3) is 5.91 Å². The summed E-state index contributed by atoms with van der Waals surface area (Å²) in [4.78, 5) is 21.1. The molecule has 4 rings (SSSR count). The number of benzene rings is 2. The van der Waals surface area contributed by atoms with Crippen LogP contribution in [0.2, 0.25) is 0 Å². The van der Waals surface area contributed by atoms with Crippen LogP contribution in [0.3, 0.4) is 0 Å². The summed E-state index contributed by atoms with van der Waals surface area (Å²) in [7, 11) is 3.07. The predicted molar refractivity (Wildman–Crippen MR) is 120 cm³/mol. The third-order valence-corrected chi connectivity index (χ3v) is 6.35. The Morgan fingerprint density at radius 2 is 2.03 bits per heavy atom. The van der Waals surface area contributed by atoms with Crippen molar-refractivity contribution in [3.8, 4) is 11.5 Å². The lowest BCUT2D eigenvalue weighted by atomic mass is 10.1. The molecule has 154 valence electrons. The second-order valence-electron chi connectivity index (χ2n) is 6.34. The highest BCUT2D eigenvalue weighted by Crippen LogP contribution is 2.36. The van der Waals surface area contributed by atoms with Gasteiger partial charge in [-0.2, -0.15) is 0 Å². The van der Waals surface area contributed by atoms with Crippen molar-refractivity contribution in [3.05, 3.63) is 66.1 Å². The SMILES string of the molecule is COc1cccc(C(=O)N(Cc2ccco2)c2nc3ccc(SC)cc3s2)c1OC. The van der Waals surface area contributed by atoms with Gasteiger partial charge in [-0.05, 0) is 48.7 Å². The fraction of sp³-hybridized carbons (Fsp3) is 0.182. The molecule has 30 heavy (non-hydrogen) atoms. The minimum atomic E-state index is -0.244. The van der Waals surface area contributed by atoms with Crippen molar-refractivity contribution in [3.63, 3.8) is 0 Å². The van der Waals surface area contributed by atoms with E-state index in [4.69, 9.17) is 18.9 Å². The van der Waals surface area contributed by atoms with Gasteiger partial charge in [0, 0.05) is 4.90 Å². The van der Waals surface area contributed by atoms with E-state index in [1.54, 1.807) is 54.3 Å². The Bertz CT molecular complexity index is 1170. The van der Waals surface area contributed by atoms with E-state index in [0.717, 1.165) is 15.1 Å². The summed E-state index contributed by atoms with van der Waals surface area (Å²) >= 11 is 3.14. The van der Waals surface area contributed by atoms with E-state index >= 15 is 0 Å². The van der Waals surface area contributed by atoms with Gasteiger partial charge in [0.05, 0.1) is 42.8 Å². The summed E-state index contributed by atoms with van der Waals surface area (Å²) in [6.07, 6.45) is 3.62. The van der Waals surface area contributed by atoms with Crippen LogP contribution in [0.15, 0.2) is 64.1 Å². The van der Waals surface area contributed by atoms with Crippen LogP contribution < -0.4 is 14.4 Å². The van der Waals surface area contributed by atoms with Gasteiger partial charge in [0.2, 0.25) is 0 Å². The third kappa shape index (κ3) is 3.88. The van der Waals surface area contributed by atoms with Gasteiger partial charge in [0.15, 0.2) is 16.6 Å². The Morgan fingerprint density at radius 1 is 1.17 bits per heavy atom. The number of fused-ring (bicyclic) bond motifs is 1. The summed E-state index contributed by atoms with van der Waals surface area (Å²) in [6.45, 7) is 0.251. The van der Waals surface area contributed by atoms with Crippen molar-refractivity contribution in [1.29, 1.82) is 0 Å². The Labute approximate surface area is 182 Å². The highest BCUT2D eigenvalue weighted by atomic mass is 32.2. The van der Waals surface area contributed by atoms with Crippen molar-refractivity contribution >= 4 is 44.4 Å². The molecule has 0 fully saturated rings. The second-order valence-corrected chi connectivity index (χ2v) is 8.23. The number of aromatic nitrogens is 1. The smallest absolute Gasteiger partial charge is 0.264 e. The highest BCUT2D eigenvalue weighted by molar-refractivity contribution is 7.98. The van der Waals surface area contributed by atoms with Gasteiger partial charge in [-0.1, -0.05) is 17.4 Å². The van der Waals surface area contributed by atoms with Crippen molar-refractivity contribution in [2.75, 3.05) is 25.4 Å². The number of hydrogen-bond acceptors (Lipinski definition) is 7. The van der Waals surface area contributed by atoms with Crippen LogP contribution in [0.1, 0.15) is 16.1 Å². The van der Waals surface area contributed by atoms with Gasteiger partial charge < -0.3 is 13.9 Å². The van der Waals surface area contributed by atoms with Gasteiger partial charge in [-0.3, -0.25) is 9.69 Å². The zero-order valence-electron chi connectivity index (χ0n) is 16.7. The number of furan rings is 1. The summed E-state index contributed by atoms with van der Waals surface area (Å²) < 4.78 is 17.4. The maximum Gasteiger partial charge on any atom is 0.264 e. The molecule has 0 saturated carbocycles. The van der Waals surface area contributed by atoms with Gasteiger partial charge in [-0.25, -0.2) is 4.98 Å². The Morgan fingerprint density at radius 3 is 2.73 bits per heavy atom. The molecule has 0 N–H and O–H groups in total. The average Bonchev–Trinajstić information content (AvgIpc) is 3.45. The Kier molecular flexibility index (Phi) is 5.96. The fourth-order valence-electron chi connectivity index (χ4n) is 3.12. The first-order chi connectivity index (χ1) is 14.6. The molecule has 2 heterocycles. The molecule has 0 bridgehead atoms. The second kappa shape index (κ2) is 8.81. The van der Waals surface area contributed by atoms with Crippen molar-refractivity contribution in [2.24, 2.45) is 0 Å². The third-order valence-electron chi connectivity index (χ3n) is 4.59. The lowest BCUT2D eigenvalue weighted by Gasteiger charge is -2.20. The quantitative estimate of drug-likeness (QED) is 0.355. The van der Waals surface area contributed by atoms with Crippen molar-refractivity contribution in [1.82, 2.24) is 4.98 Å². The van der Waals surface area contributed by atoms with Gasteiger partial charge >= 0.3 is 0 Å². The van der Waals surface area contributed by atoms with Crippen LogP contribution in [0.5, 0.6) is 11.5 Å². The molecule has 1 amide bonds. The molecule has 0 saturated heterocycles. The molecule has 4 aromatic rings. The van der Waals surface area contributed by atoms with Crippen LogP contribution in [0.4, 0.5) is 5.13 Å². The molecule has 0 radical (unpaired) electrons. The van der Waals surface area contributed by atoms with Gasteiger partial charge in [0.1, 0.15) is 5.76 Å². The van der Waals surface area contributed by atoms with Crippen LogP contribution in [0, 0.1) is 0 Å². The van der Waals surface area contributed by atoms with Crippen LogP contribution >= 0.6 is 23.1 Å². The number of amides is 1. The zero-order valence-corrected chi connectivity index (χ0v) is 18.4. The van der Waals surface area contributed by atoms with Gasteiger partial charge in [-0.15, -0.1) is 11.8 Å². The normalized spacial score (nSPS) is 10.9. The monoisotopic (exact) mass is 440 g/mol. The number of carbonyl (C=O) groups is 1. The van der Waals surface area contributed by atoms with Crippen molar-refractivity contribution < 1.29 is 18.7 Å². The van der Waals surface area contributed by atoms with Crippen LogP contribution in [-0.4, -0.2) is 31.4 Å². The minimum Gasteiger partial charge on any atom is -0.493 e. The number of nitrogens with zero attached hydrogens (tertiary/aromatic N) is 2. The standard InChI is InChI=1S/C22H20N2O4S2/c1-26-18-8-4-7-16(20(18)27-2)21(25)24(13-14-6-5-11-28-14)22-23-17-10-9-15(29-3)12-19(17)30-22/h4-12H,13H2,1-3H3. The Hall–Kier alpha value is -2.97. The van der Waals surface area contributed by atoms with E-state index in [9.17, 15) is 4.79 Å². The summed E-state index contributed by atoms with van der Waals surface area (Å²) in [5.41, 5.74) is 1.25. The molecule has 0 unspecified atom stereocenters. The molecule has 0 atom stereocenters. The average molecular weight is 441 g/mol. The zero-order chi connectivity index (χ0) is 21.1. The predicted octanol–water partition coefficient (Wildman–Crippen LogP) is 5.48. The van der Waals surface area contributed by atoms with Crippen LogP contribution in [-0.2, 0) is 6.54 Å². The number of anilines is 1. The number of thiazole rings is 1. The molecule has 0 aliphatic heterocycles. The lowest BCUT2D eigenvalue weighted by molar-refractivity contribution is 0.0979. The molecule has 0 spiro atoms. The fourth-order valence-corrected chi connectivity index (χ4v) is 4.64. The number of thioether (sulfide) groups is 1. The summed E-state index contributed by atoms with van der Waals surface area (Å²) in [5.74, 6) is 1.30. The summed E-state index contributed by atoms with van der Waals surface area (Å²) in [5, 5.41) is 0.592. The molecular weight excluding hydrogens is 420 g/mol. The Balaban J connectivity index is 1.80. The first-order valence-corrected chi connectivity index (χ1v) is 11.2. The van der Waals surface area contributed by atoms with Crippen molar-refractivity contribution in [2.45, 2.75) is 11.4 Å². The number of rotatable bonds is 7. The number of methoxy groups -OCH3 is 2. The maximum absolute atomic E-state index is 13.6. The lowest BCUT2D eigenvalue weighted by Crippen LogP contribution is -2.30. The molecule has 6 nitrogen and oxygen atoms in total. The van der Waals surface area contributed by atoms with E-state index in [1.165, 1.54) is 18.4 Å². The molecular formula is C22H20N2O4S2. The number of ether oxygens (including phenoxy) is 2. The maximum atomic E-state index is 13.6. The number of hydrogen-bond donors (Lipinski definition) is 0. The minimum absolute atomic E-state index is 0.244. The van der Waals surface area contributed by atoms with E-state index < -0.39 is 0 Å². The topological polar surface area (TPSA) is 64.8 Å². The highest BCUT2D eigenvalue weighted by Gasteiger charge is 2.26. The number of carbonyl (C=O) groups excluding carboxylic acids is 1.